The van der Waals surface area contributed by atoms with Crippen molar-refractivity contribution < 1.29 is 4.21 Å². The molecule has 2 unspecified atom stereocenters. The van der Waals surface area contributed by atoms with Crippen LogP contribution in [0.4, 0.5) is 0 Å². The summed E-state index contributed by atoms with van der Waals surface area (Å²) in [6, 6.07) is 0. The number of hydrogen-bond acceptors (Lipinski definition) is 3. The van der Waals surface area contributed by atoms with Crippen LogP contribution < -0.4 is 5.32 Å². The summed E-state index contributed by atoms with van der Waals surface area (Å²) in [6.45, 7) is 3.42. The number of nitrogens with zero attached hydrogens (tertiary/aromatic N) is 1. The van der Waals surface area contributed by atoms with Gasteiger partial charge in [0.1, 0.15) is 5.82 Å². The third-order valence-corrected chi connectivity index (χ3v) is 3.15. The van der Waals surface area contributed by atoms with Gasteiger partial charge in [0.25, 0.3) is 0 Å². The molecule has 0 aliphatic rings. The van der Waals surface area contributed by atoms with Gasteiger partial charge in [0.05, 0.1) is 6.54 Å². The van der Waals surface area contributed by atoms with E-state index in [-0.39, 0.29) is 5.25 Å². The van der Waals surface area contributed by atoms with Crippen molar-refractivity contribution in [1.82, 2.24) is 15.3 Å². The summed E-state index contributed by atoms with van der Waals surface area (Å²) in [5.41, 5.74) is 0. The standard InChI is InChI=1S/C8H15N3OS/c1-7(13(2)12)5-9-6-8-10-3-4-11-8/h3-4,7,9H,5-6H2,1-2H3,(H,10,11). The molecule has 1 aromatic heterocycles. The van der Waals surface area contributed by atoms with Crippen molar-refractivity contribution in [3.8, 4) is 0 Å². The number of rotatable bonds is 5. The quantitative estimate of drug-likeness (QED) is 0.719. The number of aromatic amines is 1. The lowest BCUT2D eigenvalue weighted by Crippen LogP contribution is -2.27. The molecule has 0 spiro atoms. The fraction of sp³-hybridized carbons (Fsp3) is 0.625. The fourth-order valence-corrected chi connectivity index (χ4v) is 1.26. The Morgan fingerprint density at radius 1 is 1.77 bits per heavy atom. The van der Waals surface area contributed by atoms with E-state index in [1.807, 2.05) is 6.92 Å². The van der Waals surface area contributed by atoms with Gasteiger partial charge in [-0.25, -0.2) is 4.98 Å². The van der Waals surface area contributed by atoms with Crippen LogP contribution in [0.5, 0.6) is 0 Å². The first-order valence-corrected chi connectivity index (χ1v) is 5.83. The summed E-state index contributed by atoms with van der Waals surface area (Å²) >= 11 is 0. The number of imidazole rings is 1. The van der Waals surface area contributed by atoms with E-state index in [2.05, 4.69) is 15.3 Å². The number of aromatic nitrogens is 2. The minimum atomic E-state index is -0.752. The van der Waals surface area contributed by atoms with E-state index in [1.165, 1.54) is 0 Å². The second-order valence-corrected chi connectivity index (χ2v) is 4.78. The summed E-state index contributed by atoms with van der Waals surface area (Å²) in [5, 5.41) is 3.37. The van der Waals surface area contributed by atoms with Gasteiger partial charge in [-0.2, -0.15) is 0 Å². The Morgan fingerprint density at radius 3 is 3.08 bits per heavy atom. The molecule has 0 aliphatic heterocycles. The lowest BCUT2D eigenvalue weighted by Gasteiger charge is -2.08. The maximum atomic E-state index is 11.0. The first kappa shape index (κ1) is 10.4. The van der Waals surface area contributed by atoms with Crippen LogP contribution in [0.1, 0.15) is 12.7 Å². The van der Waals surface area contributed by atoms with E-state index < -0.39 is 10.8 Å². The molecule has 5 heteroatoms. The van der Waals surface area contributed by atoms with E-state index in [4.69, 9.17) is 0 Å². The van der Waals surface area contributed by atoms with E-state index in [0.717, 1.165) is 12.4 Å². The maximum Gasteiger partial charge on any atom is 0.120 e. The molecule has 0 saturated heterocycles. The molecule has 0 radical (unpaired) electrons. The van der Waals surface area contributed by atoms with Crippen LogP contribution >= 0.6 is 0 Å². The van der Waals surface area contributed by atoms with Crippen LogP contribution in [-0.2, 0) is 17.3 Å². The summed E-state index contributed by atoms with van der Waals surface area (Å²) in [5.74, 6) is 0.911. The molecule has 2 atom stereocenters. The van der Waals surface area contributed by atoms with Crippen LogP contribution in [0.25, 0.3) is 0 Å². The van der Waals surface area contributed by atoms with E-state index in [1.54, 1.807) is 18.6 Å². The molecular formula is C8H15N3OS. The smallest absolute Gasteiger partial charge is 0.120 e. The average Bonchev–Trinajstić information content (AvgIpc) is 2.56. The van der Waals surface area contributed by atoms with Gasteiger partial charge in [0.2, 0.25) is 0 Å². The van der Waals surface area contributed by atoms with Gasteiger partial charge in [-0.1, -0.05) is 0 Å². The molecule has 4 nitrogen and oxygen atoms in total. The Kier molecular flexibility index (Phi) is 4.11. The molecule has 0 fully saturated rings. The first-order chi connectivity index (χ1) is 6.20. The number of nitrogens with one attached hydrogen (secondary N) is 2. The molecule has 0 amide bonds. The zero-order valence-corrected chi connectivity index (χ0v) is 8.73. The van der Waals surface area contributed by atoms with Crippen molar-refractivity contribution in [2.24, 2.45) is 0 Å². The Morgan fingerprint density at radius 2 is 2.54 bits per heavy atom. The van der Waals surface area contributed by atoms with Crippen LogP contribution in [0, 0.1) is 0 Å². The molecule has 0 aliphatic carbocycles. The summed E-state index contributed by atoms with van der Waals surface area (Å²) < 4.78 is 11.0. The van der Waals surface area contributed by atoms with Gasteiger partial charge >= 0.3 is 0 Å². The van der Waals surface area contributed by atoms with E-state index in [0.29, 0.717) is 6.54 Å². The monoisotopic (exact) mass is 201 g/mol. The van der Waals surface area contributed by atoms with Crippen LogP contribution in [0.3, 0.4) is 0 Å². The molecular weight excluding hydrogens is 186 g/mol. The highest BCUT2D eigenvalue weighted by atomic mass is 32.2. The SMILES string of the molecule is CC(CNCc1ncc[nH]1)S(C)=O. The van der Waals surface area contributed by atoms with Gasteiger partial charge in [0, 0.05) is 41.2 Å². The summed E-state index contributed by atoms with van der Waals surface area (Å²) in [7, 11) is -0.752. The highest BCUT2D eigenvalue weighted by Gasteiger charge is 2.04. The molecule has 1 aromatic rings. The van der Waals surface area contributed by atoms with E-state index >= 15 is 0 Å². The lowest BCUT2D eigenvalue weighted by molar-refractivity contribution is 0.637. The highest BCUT2D eigenvalue weighted by molar-refractivity contribution is 7.84. The number of hydrogen-bond donors (Lipinski definition) is 2. The highest BCUT2D eigenvalue weighted by Crippen LogP contribution is 1.91. The Balaban J connectivity index is 2.18. The molecule has 0 bridgehead atoms. The van der Waals surface area contributed by atoms with Crippen LogP contribution in [0.15, 0.2) is 12.4 Å². The minimum absolute atomic E-state index is 0.190. The molecule has 0 aromatic carbocycles. The predicted molar refractivity (Wildman–Crippen MR) is 53.8 cm³/mol. The largest absolute Gasteiger partial charge is 0.348 e. The minimum Gasteiger partial charge on any atom is -0.348 e. The zero-order chi connectivity index (χ0) is 9.68. The van der Waals surface area contributed by atoms with Crippen molar-refractivity contribution in [1.29, 1.82) is 0 Å². The van der Waals surface area contributed by atoms with Crippen molar-refractivity contribution in [2.45, 2.75) is 18.7 Å². The molecule has 0 saturated carbocycles. The third kappa shape index (κ3) is 3.69. The van der Waals surface area contributed by atoms with Crippen molar-refractivity contribution in [3.05, 3.63) is 18.2 Å². The summed E-state index contributed by atoms with van der Waals surface area (Å²) in [4.78, 5) is 7.05. The van der Waals surface area contributed by atoms with Crippen LogP contribution in [-0.4, -0.2) is 32.2 Å². The van der Waals surface area contributed by atoms with Gasteiger partial charge in [-0.3, -0.25) is 4.21 Å². The van der Waals surface area contributed by atoms with E-state index in [9.17, 15) is 4.21 Å². The van der Waals surface area contributed by atoms with Crippen LogP contribution in [0.2, 0.25) is 0 Å². The fourth-order valence-electron chi connectivity index (χ4n) is 0.906. The molecule has 1 rings (SSSR count). The van der Waals surface area contributed by atoms with Crippen molar-refractivity contribution in [3.63, 3.8) is 0 Å². The van der Waals surface area contributed by atoms with Gasteiger partial charge < -0.3 is 10.3 Å². The second-order valence-electron chi connectivity index (χ2n) is 2.98. The predicted octanol–water partition coefficient (Wildman–Crippen LogP) is 0.266. The molecule has 74 valence electrons. The normalized spacial score (nSPS) is 15.5. The van der Waals surface area contributed by atoms with Crippen molar-refractivity contribution >= 4 is 10.8 Å². The van der Waals surface area contributed by atoms with Gasteiger partial charge in [-0.15, -0.1) is 0 Å². The summed E-state index contributed by atoms with van der Waals surface area (Å²) in [6.07, 6.45) is 5.23. The Bertz CT molecular complexity index is 260. The zero-order valence-electron chi connectivity index (χ0n) is 7.91. The maximum absolute atomic E-state index is 11.0. The topological polar surface area (TPSA) is 57.8 Å². The molecule has 2 N–H and O–H groups in total. The average molecular weight is 201 g/mol. The third-order valence-electron chi connectivity index (χ3n) is 1.85. The lowest BCUT2D eigenvalue weighted by atomic mass is 10.4. The molecule has 13 heavy (non-hydrogen) atoms. The Labute approximate surface area is 80.6 Å². The Hall–Kier alpha value is -0.680. The first-order valence-electron chi connectivity index (χ1n) is 4.21. The number of H-pyrrole nitrogens is 1. The van der Waals surface area contributed by atoms with Gasteiger partial charge in [0.15, 0.2) is 0 Å². The van der Waals surface area contributed by atoms with Gasteiger partial charge in [-0.05, 0) is 6.92 Å². The van der Waals surface area contributed by atoms with Crippen molar-refractivity contribution in [2.75, 3.05) is 12.8 Å². The molecule has 1 heterocycles. The second kappa shape index (κ2) is 5.14.